The number of benzene rings is 2. The molecule has 0 spiro atoms. The van der Waals surface area contributed by atoms with Crippen LogP contribution in [0.5, 0.6) is 5.75 Å². The van der Waals surface area contributed by atoms with E-state index < -0.39 is 0 Å². The van der Waals surface area contributed by atoms with Gasteiger partial charge in [-0.3, -0.25) is 0 Å². The van der Waals surface area contributed by atoms with Crippen LogP contribution < -0.4 is 10.1 Å². The van der Waals surface area contributed by atoms with E-state index in [-0.39, 0.29) is 11.9 Å². The molecule has 0 saturated heterocycles. The maximum Gasteiger partial charge on any atom is 0.143 e. The summed E-state index contributed by atoms with van der Waals surface area (Å²) < 4.78 is 19.9. The van der Waals surface area contributed by atoms with Crippen molar-refractivity contribution in [1.29, 1.82) is 0 Å². The fourth-order valence-corrected chi connectivity index (χ4v) is 2.90. The Morgan fingerprint density at radius 1 is 1.32 bits per heavy atom. The zero-order chi connectivity index (χ0) is 13.4. The maximum absolute atomic E-state index is 13.1. The number of fused-ring (bicyclic) bond motifs is 1. The number of anilines is 1. The molecule has 0 aliphatic carbocycles. The second-order valence-corrected chi connectivity index (χ2v) is 5.46. The van der Waals surface area contributed by atoms with Crippen molar-refractivity contribution in [2.24, 2.45) is 0 Å². The molecule has 1 heterocycles. The molecule has 2 nitrogen and oxygen atoms in total. The lowest BCUT2D eigenvalue weighted by Crippen LogP contribution is -2.24. The number of hydrogen-bond acceptors (Lipinski definition) is 2. The summed E-state index contributed by atoms with van der Waals surface area (Å²) in [5, 5.41) is 3.38. The molecule has 2 aromatic carbocycles. The Labute approximate surface area is 119 Å². The minimum Gasteiger partial charge on any atom is -0.482 e. The van der Waals surface area contributed by atoms with E-state index in [4.69, 9.17) is 4.74 Å². The van der Waals surface area contributed by atoms with E-state index in [2.05, 4.69) is 21.2 Å². The van der Waals surface area contributed by atoms with Crippen molar-refractivity contribution >= 4 is 21.6 Å². The van der Waals surface area contributed by atoms with Crippen LogP contribution in [0.3, 0.4) is 0 Å². The summed E-state index contributed by atoms with van der Waals surface area (Å²) in [5.74, 6) is 0.586. The summed E-state index contributed by atoms with van der Waals surface area (Å²) in [7, 11) is 0. The predicted molar refractivity (Wildman–Crippen MR) is 77.1 cm³/mol. The van der Waals surface area contributed by atoms with Crippen molar-refractivity contribution in [3.05, 3.63) is 57.8 Å². The van der Waals surface area contributed by atoms with Gasteiger partial charge < -0.3 is 10.1 Å². The number of nitrogens with one attached hydrogen (secondary N) is 1. The monoisotopic (exact) mass is 321 g/mol. The van der Waals surface area contributed by atoms with E-state index in [1.807, 2.05) is 25.1 Å². The van der Waals surface area contributed by atoms with Gasteiger partial charge in [-0.25, -0.2) is 4.39 Å². The van der Waals surface area contributed by atoms with E-state index in [0.717, 1.165) is 27.0 Å². The van der Waals surface area contributed by atoms with Crippen LogP contribution in [0.15, 0.2) is 40.9 Å². The Morgan fingerprint density at radius 2 is 2.16 bits per heavy atom. The second kappa shape index (κ2) is 4.85. The Kier molecular flexibility index (Phi) is 3.19. The minimum absolute atomic E-state index is 0.121. The molecule has 2 aromatic rings. The van der Waals surface area contributed by atoms with Crippen LogP contribution in [0.4, 0.5) is 10.1 Å². The first kappa shape index (κ1) is 12.5. The number of hydrogen-bond donors (Lipinski definition) is 1. The maximum atomic E-state index is 13.1. The summed E-state index contributed by atoms with van der Waals surface area (Å²) in [5.41, 5.74) is 3.15. The molecule has 1 unspecified atom stereocenters. The summed E-state index contributed by atoms with van der Waals surface area (Å²) in [6.07, 6.45) is -0.121. The first-order chi connectivity index (χ1) is 9.15. The molecule has 4 heteroatoms. The molecule has 0 amide bonds. The van der Waals surface area contributed by atoms with E-state index in [0.29, 0.717) is 6.54 Å². The molecule has 19 heavy (non-hydrogen) atoms. The van der Waals surface area contributed by atoms with Crippen molar-refractivity contribution in [3.8, 4) is 5.75 Å². The topological polar surface area (TPSA) is 21.3 Å². The van der Waals surface area contributed by atoms with Crippen LogP contribution in [0.2, 0.25) is 0 Å². The number of aryl methyl sites for hydroxylation is 1. The van der Waals surface area contributed by atoms with Gasteiger partial charge in [-0.1, -0.05) is 34.1 Å². The van der Waals surface area contributed by atoms with Crippen LogP contribution in [0.1, 0.15) is 17.2 Å². The lowest BCUT2D eigenvalue weighted by molar-refractivity contribution is 0.209. The highest BCUT2D eigenvalue weighted by Crippen LogP contribution is 2.37. The number of para-hydroxylation sites is 1. The number of rotatable bonds is 1. The quantitative estimate of drug-likeness (QED) is 0.838. The van der Waals surface area contributed by atoms with E-state index in [9.17, 15) is 4.39 Å². The molecule has 0 fully saturated rings. The SMILES string of the molecule is Cc1cccc2c1NCC(c1ccc(F)cc1Br)O2. The second-order valence-electron chi connectivity index (χ2n) is 4.60. The zero-order valence-corrected chi connectivity index (χ0v) is 12.0. The van der Waals surface area contributed by atoms with Gasteiger partial charge in [0.05, 0.1) is 12.2 Å². The molecule has 0 aromatic heterocycles. The van der Waals surface area contributed by atoms with Crippen molar-refractivity contribution in [1.82, 2.24) is 0 Å². The summed E-state index contributed by atoms with van der Waals surface area (Å²) in [6.45, 7) is 2.71. The highest BCUT2D eigenvalue weighted by Gasteiger charge is 2.23. The number of halogens is 2. The minimum atomic E-state index is -0.254. The fraction of sp³-hybridized carbons (Fsp3) is 0.200. The molecule has 98 valence electrons. The van der Waals surface area contributed by atoms with E-state index in [1.165, 1.54) is 12.1 Å². The van der Waals surface area contributed by atoms with Crippen molar-refractivity contribution < 1.29 is 9.13 Å². The van der Waals surface area contributed by atoms with Gasteiger partial charge in [-0.15, -0.1) is 0 Å². The molecule has 0 saturated carbocycles. The van der Waals surface area contributed by atoms with Gasteiger partial charge in [0, 0.05) is 10.0 Å². The standard InChI is InChI=1S/C15H13BrFNO/c1-9-3-2-4-13-15(9)18-8-14(19-13)11-6-5-10(17)7-12(11)16/h2-7,14,18H,8H2,1H3. The van der Waals surface area contributed by atoms with Crippen LogP contribution in [-0.2, 0) is 0 Å². The van der Waals surface area contributed by atoms with Crippen LogP contribution in [0.25, 0.3) is 0 Å². The largest absolute Gasteiger partial charge is 0.482 e. The van der Waals surface area contributed by atoms with Gasteiger partial charge in [-0.05, 0) is 30.7 Å². The van der Waals surface area contributed by atoms with Crippen molar-refractivity contribution in [2.45, 2.75) is 13.0 Å². The highest BCUT2D eigenvalue weighted by atomic mass is 79.9. The fourth-order valence-electron chi connectivity index (χ4n) is 2.29. The van der Waals surface area contributed by atoms with Gasteiger partial charge in [0.15, 0.2) is 0 Å². The van der Waals surface area contributed by atoms with Gasteiger partial charge in [-0.2, -0.15) is 0 Å². The smallest absolute Gasteiger partial charge is 0.143 e. The molecular formula is C15H13BrFNO. The van der Waals surface area contributed by atoms with Gasteiger partial charge >= 0.3 is 0 Å². The third-order valence-corrected chi connectivity index (χ3v) is 3.96. The molecule has 1 atom stereocenters. The first-order valence-corrected chi connectivity index (χ1v) is 6.89. The lowest BCUT2D eigenvalue weighted by atomic mass is 10.1. The molecule has 0 radical (unpaired) electrons. The molecule has 1 aliphatic rings. The summed E-state index contributed by atoms with van der Waals surface area (Å²) in [6, 6.07) is 10.6. The van der Waals surface area contributed by atoms with Crippen LogP contribution in [-0.4, -0.2) is 6.54 Å². The van der Waals surface area contributed by atoms with Gasteiger partial charge in [0.1, 0.15) is 17.7 Å². The third-order valence-electron chi connectivity index (χ3n) is 3.28. The Balaban J connectivity index is 1.93. The van der Waals surface area contributed by atoms with Crippen molar-refractivity contribution in [3.63, 3.8) is 0 Å². The zero-order valence-electron chi connectivity index (χ0n) is 10.4. The highest BCUT2D eigenvalue weighted by molar-refractivity contribution is 9.10. The Hall–Kier alpha value is -1.55. The van der Waals surface area contributed by atoms with E-state index in [1.54, 1.807) is 6.07 Å². The third kappa shape index (κ3) is 2.32. The molecule has 0 bridgehead atoms. The van der Waals surface area contributed by atoms with E-state index >= 15 is 0 Å². The molecule has 1 N–H and O–H groups in total. The summed E-state index contributed by atoms with van der Waals surface area (Å²) >= 11 is 3.39. The molecule has 1 aliphatic heterocycles. The first-order valence-electron chi connectivity index (χ1n) is 6.10. The van der Waals surface area contributed by atoms with Crippen molar-refractivity contribution in [2.75, 3.05) is 11.9 Å². The Bertz CT molecular complexity index is 630. The van der Waals surface area contributed by atoms with Gasteiger partial charge in [0.2, 0.25) is 0 Å². The average molecular weight is 322 g/mol. The Morgan fingerprint density at radius 3 is 2.95 bits per heavy atom. The molecular weight excluding hydrogens is 309 g/mol. The van der Waals surface area contributed by atoms with Gasteiger partial charge in [0.25, 0.3) is 0 Å². The lowest BCUT2D eigenvalue weighted by Gasteiger charge is -2.29. The molecule has 3 rings (SSSR count). The summed E-state index contributed by atoms with van der Waals surface area (Å²) in [4.78, 5) is 0. The normalized spacial score (nSPS) is 17.3. The number of ether oxygens (including phenoxy) is 1. The van der Waals surface area contributed by atoms with Crippen LogP contribution in [0, 0.1) is 12.7 Å². The predicted octanol–water partition coefficient (Wildman–Crippen LogP) is 4.44. The average Bonchev–Trinajstić information content (AvgIpc) is 2.38. The van der Waals surface area contributed by atoms with Crippen LogP contribution >= 0.6 is 15.9 Å².